The molecule has 0 fully saturated rings. The zero-order valence-corrected chi connectivity index (χ0v) is 26.1. The van der Waals surface area contributed by atoms with Crippen LogP contribution in [-0.4, -0.2) is 9.55 Å². The minimum absolute atomic E-state index is 0.441. The smallest absolute Gasteiger partial charge is 0.124 e. The van der Waals surface area contributed by atoms with Crippen molar-refractivity contribution in [2.75, 3.05) is 0 Å². The molecule has 1 atom stereocenters. The summed E-state index contributed by atoms with van der Waals surface area (Å²) in [7, 11) is 0. The van der Waals surface area contributed by atoms with Crippen LogP contribution in [0.2, 0.25) is 0 Å². The first-order valence-corrected chi connectivity index (χ1v) is 17.0. The molecule has 2 nitrogen and oxygen atoms in total. The van der Waals surface area contributed by atoms with E-state index in [1.54, 1.807) is 11.3 Å². The highest BCUT2D eigenvalue weighted by molar-refractivity contribution is 7.21. The first kappa shape index (κ1) is 25.4. The highest BCUT2D eigenvalue weighted by atomic mass is 32.1. The zero-order valence-electron chi connectivity index (χ0n) is 25.3. The number of fused-ring (bicyclic) bond motifs is 13. The SMILES string of the molecule is c1ccc2c(c1)-c1ccc(-c3ccc(-c4nc5ccccc5s4)cc3)cc1C21c2ccccc2-n2c3ccccc3c3cccc1c32. The van der Waals surface area contributed by atoms with Crippen LogP contribution in [0.5, 0.6) is 0 Å². The Kier molecular flexibility index (Phi) is 4.95. The van der Waals surface area contributed by atoms with Crippen molar-refractivity contribution in [3.63, 3.8) is 0 Å². The Balaban J connectivity index is 1.17. The Morgan fingerprint density at radius 3 is 2.09 bits per heavy atom. The van der Waals surface area contributed by atoms with Crippen LogP contribution in [0.3, 0.4) is 0 Å². The average Bonchev–Trinajstić information content (AvgIpc) is 3.81. The molecule has 7 aromatic carbocycles. The van der Waals surface area contributed by atoms with Crippen LogP contribution in [0.4, 0.5) is 0 Å². The first-order valence-electron chi connectivity index (χ1n) is 16.1. The monoisotopic (exact) mass is 614 g/mol. The van der Waals surface area contributed by atoms with Crippen LogP contribution in [0.25, 0.3) is 70.5 Å². The molecule has 0 saturated carbocycles. The molecule has 47 heavy (non-hydrogen) atoms. The summed E-state index contributed by atoms with van der Waals surface area (Å²) in [6.07, 6.45) is 0. The molecule has 1 aliphatic carbocycles. The summed E-state index contributed by atoms with van der Waals surface area (Å²) in [4.78, 5) is 4.90. The molecule has 1 aliphatic heterocycles. The number of hydrogen-bond donors (Lipinski definition) is 0. The number of thiazole rings is 1. The van der Waals surface area contributed by atoms with Crippen molar-refractivity contribution >= 4 is 43.4 Å². The molecule has 3 heterocycles. The maximum atomic E-state index is 4.90. The van der Waals surface area contributed by atoms with Gasteiger partial charge in [-0.05, 0) is 74.8 Å². The van der Waals surface area contributed by atoms with Crippen molar-refractivity contribution in [2.45, 2.75) is 5.41 Å². The second-order valence-electron chi connectivity index (χ2n) is 12.7. The fourth-order valence-electron chi connectivity index (χ4n) is 8.54. The summed E-state index contributed by atoms with van der Waals surface area (Å²) in [6.45, 7) is 0. The van der Waals surface area contributed by atoms with Crippen LogP contribution < -0.4 is 0 Å². The lowest BCUT2D eigenvalue weighted by Gasteiger charge is -2.39. The molecular formula is C44H26N2S. The summed E-state index contributed by atoms with van der Waals surface area (Å²) in [5, 5.41) is 3.66. The molecule has 9 aromatic rings. The van der Waals surface area contributed by atoms with Gasteiger partial charge in [0.25, 0.3) is 0 Å². The van der Waals surface area contributed by atoms with Gasteiger partial charge in [0.1, 0.15) is 5.01 Å². The fraction of sp³-hybridized carbons (Fsp3) is 0.0227. The quantitative estimate of drug-likeness (QED) is 0.189. The summed E-state index contributed by atoms with van der Waals surface area (Å²) < 4.78 is 3.73. The number of para-hydroxylation sites is 4. The summed E-state index contributed by atoms with van der Waals surface area (Å²) in [5.41, 5.74) is 16.0. The Bertz CT molecular complexity index is 2710. The molecule has 0 radical (unpaired) electrons. The second kappa shape index (κ2) is 9.16. The first-order chi connectivity index (χ1) is 23.3. The van der Waals surface area contributed by atoms with Gasteiger partial charge < -0.3 is 4.57 Å². The van der Waals surface area contributed by atoms with Crippen LogP contribution >= 0.6 is 11.3 Å². The Morgan fingerprint density at radius 1 is 0.489 bits per heavy atom. The summed E-state index contributed by atoms with van der Waals surface area (Å²) in [6, 6.07) is 58.3. The van der Waals surface area contributed by atoms with Crippen LogP contribution in [0.1, 0.15) is 22.3 Å². The van der Waals surface area contributed by atoms with E-state index >= 15 is 0 Å². The molecule has 2 aliphatic rings. The van der Waals surface area contributed by atoms with Gasteiger partial charge in [0.2, 0.25) is 0 Å². The van der Waals surface area contributed by atoms with Crippen molar-refractivity contribution in [1.82, 2.24) is 9.55 Å². The van der Waals surface area contributed by atoms with Gasteiger partial charge in [0.15, 0.2) is 0 Å². The summed E-state index contributed by atoms with van der Waals surface area (Å²) in [5.74, 6) is 0. The van der Waals surface area contributed by atoms with E-state index in [1.807, 2.05) is 0 Å². The third-order valence-electron chi connectivity index (χ3n) is 10.5. The molecule has 0 amide bonds. The van der Waals surface area contributed by atoms with E-state index in [0.29, 0.717) is 0 Å². The van der Waals surface area contributed by atoms with Gasteiger partial charge in [-0.1, -0.05) is 127 Å². The predicted molar refractivity (Wildman–Crippen MR) is 196 cm³/mol. The van der Waals surface area contributed by atoms with Gasteiger partial charge in [-0.2, -0.15) is 0 Å². The van der Waals surface area contributed by atoms with Crippen molar-refractivity contribution < 1.29 is 0 Å². The van der Waals surface area contributed by atoms with E-state index in [9.17, 15) is 0 Å². The molecular weight excluding hydrogens is 589 g/mol. The van der Waals surface area contributed by atoms with E-state index in [4.69, 9.17) is 4.98 Å². The van der Waals surface area contributed by atoms with Crippen molar-refractivity contribution in [3.05, 3.63) is 180 Å². The van der Waals surface area contributed by atoms with E-state index in [-0.39, 0.29) is 0 Å². The normalized spacial score (nSPS) is 15.7. The number of benzene rings is 7. The van der Waals surface area contributed by atoms with Crippen molar-refractivity contribution in [3.8, 4) is 38.5 Å². The van der Waals surface area contributed by atoms with E-state index in [1.165, 1.54) is 76.7 Å². The topological polar surface area (TPSA) is 17.8 Å². The third-order valence-corrected chi connectivity index (χ3v) is 11.5. The zero-order chi connectivity index (χ0) is 30.7. The standard InChI is InChI=1S/C44H26N2S/c1-3-13-34-30(10-1)31-25-24-29(27-20-22-28(23-21-27)43-45-38-16-5-8-19-41(38)47-43)26-37(31)44(34)35-14-4-7-18-40(35)46-39-17-6-2-11-32(39)33-12-9-15-36(44)42(33)46/h1-26H. The van der Waals surface area contributed by atoms with Crippen LogP contribution in [-0.2, 0) is 5.41 Å². The highest BCUT2D eigenvalue weighted by Crippen LogP contribution is 2.61. The number of aromatic nitrogens is 2. The molecule has 0 N–H and O–H groups in total. The highest BCUT2D eigenvalue weighted by Gasteiger charge is 2.50. The molecule has 0 saturated heterocycles. The number of hydrogen-bond acceptors (Lipinski definition) is 2. The van der Waals surface area contributed by atoms with E-state index in [2.05, 4.69) is 162 Å². The lowest BCUT2D eigenvalue weighted by atomic mass is 9.65. The fourth-order valence-corrected chi connectivity index (χ4v) is 9.51. The minimum atomic E-state index is -0.441. The predicted octanol–water partition coefficient (Wildman–Crippen LogP) is 11.4. The van der Waals surface area contributed by atoms with Gasteiger partial charge >= 0.3 is 0 Å². The Hall–Kier alpha value is -5.77. The van der Waals surface area contributed by atoms with Crippen LogP contribution in [0.15, 0.2) is 158 Å². The maximum absolute atomic E-state index is 4.90. The lowest BCUT2D eigenvalue weighted by Crippen LogP contribution is -2.33. The van der Waals surface area contributed by atoms with Gasteiger partial charge in [-0.3, -0.25) is 0 Å². The van der Waals surface area contributed by atoms with E-state index in [0.717, 1.165) is 16.1 Å². The molecule has 3 heteroatoms. The maximum Gasteiger partial charge on any atom is 0.124 e. The average molecular weight is 615 g/mol. The van der Waals surface area contributed by atoms with Crippen molar-refractivity contribution in [1.29, 1.82) is 0 Å². The van der Waals surface area contributed by atoms with Gasteiger partial charge in [0.05, 0.1) is 32.4 Å². The molecule has 1 unspecified atom stereocenters. The van der Waals surface area contributed by atoms with E-state index < -0.39 is 5.41 Å². The second-order valence-corrected chi connectivity index (χ2v) is 13.7. The number of rotatable bonds is 2. The molecule has 0 bridgehead atoms. The van der Waals surface area contributed by atoms with Crippen LogP contribution in [0, 0.1) is 0 Å². The van der Waals surface area contributed by atoms with Gasteiger partial charge in [-0.25, -0.2) is 4.98 Å². The lowest BCUT2D eigenvalue weighted by molar-refractivity contribution is 0.749. The Morgan fingerprint density at radius 2 is 1.17 bits per heavy atom. The Labute approximate surface area is 275 Å². The number of nitrogens with zero attached hydrogens (tertiary/aromatic N) is 2. The molecule has 1 spiro atoms. The third kappa shape index (κ3) is 3.22. The molecule has 11 rings (SSSR count). The van der Waals surface area contributed by atoms with Gasteiger partial charge in [-0.15, -0.1) is 11.3 Å². The summed E-state index contributed by atoms with van der Waals surface area (Å²) >= 11 is 1.75. The molecule has 218 valence electrons. The van der Waals surface area contributed by atoms with Crippen molar-refractivity contribution in [2.24, 2.45) is 0 Å². The minimum Gasteiger partial charge on any atom is -0.309 e. The largest absolute Gasteiger partial charge is 0.309 e. The molecule has 2 aromatic heterocycles. The van der Waals surface area contributed by atoms with Gasteiger partial charge in [0, 0.05) is 16.3 Å².